The molecular formula is C12H15N3O. The van der Waals surface area contributed by atoms with Gasteiger partial charge < -0.3 is 10.5 Å². The van der Waals surface area contributed by atoms with Crippen LogP contribution in [0.1, 0.15) is 5.56 Å². The van der Waals surface area contributed by atoms with Crippen LogP contribution in [0, 0.1) is 6.92 Å². The molecule has 1 aromatic heterocycles. The number of nitrogen functional groups attached to an aromatic ring is 1. The van der Waals surface area contributed by atoms with Crippen LogP contribution in [0.25, 0.3) is 11.3 Å². The van der Waals surface area contributed by atoms with Gasteiger partial charge in [0.1, 0.15) is 11.6 Å². The van der Waals surface area contributed by atoms with Crippen LogP contribution in [0.4, 0.5) is 5.82 Å². The van der Waals surface area contributed by atoms with Crippen molar-refractivity contribution < 1.29 is 4.74 Å². The van der Waals surface area contributed by atoms with Crippen molar-refractivity contribution in [3.63, 3.8) is 0 Å². The summed E-state index contributed by atoms with van der Waals surface area (Å²) in [6, 6.07) is 7.77. The van der Waals surface area contributed by atoms with Crippen LogP contribution in [0.15, 0.2) is 24.3 Å². The maximum absolute atomic E-state index is 5.78. The van der Waals surface area contributed by atoms with Crippen molar-refractivity contribution in [1.29, 1.82) is 0 Å². The van der Waals surface area contributed by atoms with E-state index >= 15 is 0 Å². The number of nitrogens with two attached hydrogens (primary N) is 1. The summed E-state index contributed by atoms with van der Waals surface area (Å²) < 4.78 is 6.99. The quantitative estimate of drug-likeness (QED) is 0.836. The fourth-order valence-corrected chi connectivity index (χ4v) is 1.74. The number of rotatable bonds is 2. The number of benzene rings is 1. The lowest BCUT2D eigenvalue weighted by atomic mass is 10.0. The SMILES string of the molecule is COc1cccc(C)c1-c1cc(N)n(C)n1. The van der Waals surface area contributed by atoms with Gasteiger partial charge in [-0.3, -0.25) is 4.68 Å². The molecule has 0 spiro atoms. The van der Waals surface area contributed by atoms with Gasteiger partial charge in [0.05, 0.1) is 12.8 Å². The predicted octanol–water partition coefficient (Wildman–Crippen LogP) is 1.99. The van der Waals surface area contributed by atoms with Crippen LogP contribution in [0.2, 0.25) is 0 Å². The largest absolute Gasteiger partial charge is 0.496 e. The first kappa shape index (κ1) is 10.5. The summed E-state index contributed by atoms with van der Waals surface area (Å²) in [5.41, 5.74) is 8.74. The van der Waals surface area contributed by atoms with Crippen LogP contribution < -0.4 is 10.5 Å². The number of hydrogen-bond donors (Lipinski definition) is 1. The summed E-state index contributed by atoms with van der Waals surface area (Å²) in [5.74, 6) is 1.46. The molecule has 4 nitrogen and oxygen atoms in total. The molecule has 0 amide bonds. The molecule has 1 heterocycles. The van der Waals surface area contributed by atoms with Crippen LogP contribution >= 0.6 is 0 Å². The zero-order valence-corrected chi connectivity index (χ0v) is 9.69. The van der Waals surface area contributed by atoms with Crippen LogP contribution in [-0.4, -0.2) is 16.9 Å². The van der Waals surface area contributed by atoms with E-state index in [1.165, 1.54) is 0 Å². The minimum Gasteiger partial charge on any atom is -0.496 e. The van der Waals surface area contributed by atoms with Gasteiger partial charge in [-0.05, 0) is 18.6 Å². The van der Waals surface area contributed by atoms with Crippen molar-refractivity contribution >= 4 is 5.82 Å². The molecule has 0 radical (unpaired) electrons. The monoisotopic (exact) mass is 217 g/mol. The van der Waals surface area contributed by atoms with E-state index in [-0.39, 0.29) is 0 Å². The molecule has 0 aliphatic heterocycles. The van der Waals surface area contributed by atoms with Crippen LogP contribution in [0.3, 0.4) is 0 Å². The highest BCUT2D eigenvalue weighted by molar-refractivity contribution is 5.72. The second-order valence-corrected chi connectivity index (χ2v) is 3.73. The van der Waals surface area contributed by atoms with E-state index in [2.05, 4.69) is 5.10 Å². The number of aryl methyl sites for hydroxylation is 2. The first-order valence-electron chi connectivity index (χ1n) is 5.07. The first-order valence-corrected chi connectivity index (χ1v) is 5.07. The fraction of sp³-hybridized carbons (Fsp3) is 0.250. The van der Waals surface area contributed by atoms with Crippen LogP contribution in [0.5, 0.6) is 5.75 Å². The number of anilines is 1. The molecule has 0 unspecified atom stereocenters. The zero-order chi connectivity index (χ0) is 11.7. The molecule has 0 atom stereocenters. The number of aromatic nitrogens is 2. The second kappa shape index (κ2) is 3.89. The van der Waals surface area contributed by atoms with Crippen molar-refractivity contribution in [1.82, 2.24) is 9.78 Å². The van der Waals surface area contributed by atoms with Gasteiger partial charge in [0, 0.05) is 18.7 Å². The van der Waals surface area contributed by atoms with Gasteiger partial charge in [0.2, 0.25) is 0 Å². The molecule has 4 heteroatoms. The van der Waals surface area contributed by atoms with Gasteiger partial charge in [-0.1, -0.05) is 12.1 Å². The molecule has 84 valence electrons. The minimum atomic E-state index is 0.639. The topological polar surface area (TPSA) is 53.1 Å². The summed E-state index contributed by atoms with van der Waals surface area (Å²) in [5, 5.41) is 4.36. The van der Waals surface area contributed by atoms with E-state index in [4.69, 9.17) is 10.5 Å². The average Bonchev–Trinajstić information content (AvgIpc) is 2.58. The Hall–Kier alpha value is -1.97. The first-order chi connectivity index (χ1) is 7.63. The molecule has 16 heavy (non-hydrogen) atoms. The Labute approximate surface area is 94.6 Å². The number of nitrogens with zero attached hydrogens (tertiary/aromatic N) is 2. The smallest absolute Gasteiger partial charge is 0.128 e. The van der Waals surface area contributed by atoms with Crippen molar-refractivity contribution in [2.45, 2.75) is 6.92 Å². The fourth-order valence-electron chi connectivity index (χ4n) is 1.74. The molecule has 2 rings (SSSR count). The van der Waals surface area contributed by atoms with E-state index in [0.717, 1.165) is 22.6 Å². The average molecular weight is 217 g/mol. The molecule has 0 saturated carbocycles. The maximum atomic E-state index is 5.78. The lowest BCUT2D eigenvalue weighted by Crippen LogP contribution is -1.97. The summed E-state index contributed by atoms with van der Waals surface area (Å²) in [6.07, 6.45) is 0. The molecular weight excluding hydrogens is 202 g/mol. The van der Waals surface area contributed by atoms with E-state index < -0.39 is 0 Å². The van der Waals surface area contributed by atoms with Gasteiger partial charge in [0.25, 0.3) is 0 Å². The summed E-state index contributed by atoms with van der Waals surface area (Å²) in [6.45, 7) is 2.03. The summed E-state index contributed by atoms with van der Waals surface area (Å²) >= 11 is 0. The lowest BCUT2D eigenvalue weighted by Gasteiger charge is -2.08. The summed E-state index contributed by atoms with van der Waals surface area (Å²) in [4.78, 5) is 0. The van der Waals surface area contributed by atoms with Crippen molar-refractivity contribution in [2.24, 2.45) is 7.05 Å². The lowest BCUT2D eigenvalue weighted by molar-refractivity contribution is 0.416. The number of methoxy groups -OCH3 is 1. The van der Waals surface area contributed by atoms with Crippen molar-refractivity contribution in [3.8, 4) is 17.0 Å². The van der Waals surface area contributed by atoms with Crippen molar-refractivity contribution in [3.05, 3.63) is 29.8 Å². The Morgan fingerprint density at radius 2 is 2.12 bits per heavy atom. The molecule has 0 bridgehead atoms. The third kappa shape index (κ3) is 1.62. The minimum absolute atomic E-state index is 0.639. The second-order valence-electron chi connectivity index (χ2n) is 3.73. The normalized spacial score (nSPS) is 10.4. The third-order valence-corrected chi connectivity index (χ3v) is 2.63. The Kier molecular flexibility index (Phi) is 2.56. The van der Waals surface area contributed by atoms with Crippen LogP contribution in [-0.2, 0) is 7.05 Å². The van der Waals surface area contributed by atoms with Gasteiger partial charge in [-0.25, -0.2) is 0 Å². The van der Waals surface area contributed by atoms with Gasteiger partial charge in [-0.2, -0.15) is 5.10 Å². The predicted molar refractivity (Wildman–Crippen MR) is 64.3 cm³/mol. The Balaban J connectivity index is 2.62. The molecule has 2 aromatic rings. The molecule has 0 saturated heterocycles. The van der Waals surface area contributed by atoms with Crippen molar-refractivity contribution in [2.75, 3.05) is 12.8 Å². The van der Waals surface area contributed by atoms with E-state index in [1.54, 1.807) is 11.8 Å². The zero-order valence-electron chi connectivity index (χ0n) is 9.69. The highest BCUT2D eigenvalue weighted by atomic mass is 16.5. The Bertz CT molecular complexity index is 497. The standard InChI is InChI=1S/C12H15N3O/c1-8-5-4-6-10(16-3)12(8)9-7-11(13)15(2)14-9/h4-7H,13H2,1-3H3. The number of hydrogen-bond acceptors (Lipinski definition) is 3. The highest BCUT2D eigenvalue weighted by Crippen LogP contribution is 2.32. The molecule has 1 aromatic carbocycles. The molecule has 2 N–H and O–H groups in total. The number of ether oxygens (including phenoxy) is 1. The van der Waals surface area contributed by atoms with E-state index in [1.807, 2.05) is 38.2 Å². The Morgan fingerprint density at radius 1 is 1.38 bits per heavy atom. The molecule has 0 aliphatic carbocycles. The Morgan fingerprint density at radius 3 is 2.69 bits per heavy atom. The van der Waals surface area contributed by atoms with Gasteiger partial charge >= 0.3 is 0 Å². The molecule has 0 fully saturated rings. The highest BCUT2D eigenvalue weighted by Gasteiger charge is 2.12. The van der Waals surface area contributed by atoms with Gasteiger partial charge in [0.15, 0.2) is 0 Å². The molecule has 0 aliphatic rings. The maximum Gasteiger partial charge on any atom is 0.128 e. The van der Waals surface area contributed by atoms with E-state index in [9.17, 15) is 0 Å². The summed E-state index contributed by atoms with van der Waals surface area (Å²) in [7, 11) is 3.48. The van der Waals surface area contributed by atoms with E-state index in [0.29, 0.717) is 5.82 Å². The third-order valence-electron chi connectivity index (χ3n) is 2.63. The van der Waals surface area contributed by atoms with Gasteiger partial charge in [-0.15, -0.1) is 0 Å².